The molecule has 32 heavy (non-hydrogen) atoms. The number of hydrogen-bond acceptors (Lipinski definition) is 5. The van der Waals surface area contributed by atoms with Gasteiger partial charge in [-0.1, -0.05) is 36.4 Å². The summed E-state index contributed by atoms with van der Waals surface area (Å²) in [6, 6.07) is 20.1. The number of pyridine rings is 1. The van der Waals surface area contributed by atoms with Crippen LogP contribution in [0.5, 0.6) is 0 Å². The van der Waals surface area contributed by atoms with Gasteiger partial charge in [-0.3, -0.25) is 4.79 Å². The maximum atomic E-state index is 13.9. The Bertz CT molecular complexity index is 1360. The molecular weight excluding hydrogens is 407 g/mol. The monoisotopic (exact) mass is 426 g/mol. The molecule has 0 bridgehead atoms. The van der Waals surface area contributed by atoms with E-state index in [0.717, 1.165) is 11.1 Å². The molecule has 0 aliphatic heterocycles. The number of carboxylic acids is 1. The lowest BCUT2D eigenvalue weighted by molar-refractivity contribution is -0.137. The van der Waals surface area contributed by atoms with E-state index in [9.17, 15) is 19.6 Å². The highest BCUT2D eigenvalue weighted by Gasteiger charge is 2.20. The fraction of sp³-hybridized carbons (Fsp3) is 0.0800. The zero-order chi connectivity index (χ0) is 22.8. The summed E-state index contributed by atoms with van der Waals surface area (Å²) in [7, 11) is 0. The Morgan fingerprint density at radius 2 is 1.66 bits per heavy atom. The van der Waals surface area contributed by atoms with Gasteiger partial charge in [0.25, 0.3) is 0 Å². The summed E-state index contributed by atoms with van der Waals surface area (Å²) >= 11 is 0. The number of rotatable bonds is 5. The minimum atomic E-state index is -1.09. The molecule has 0 spiro atoms. The fourth-order valence-electron chi connectivity index (χ4n) is 3.48. The van der Waals surface area contributed by atoms with Gasteiger partial charge >= 0.3 is 5.97 Å². The third kappa shape index (κ3) is 3.94. The van der Waals surface area contributed by atoms with Gasteiger partial charge in [0, 0.05) is 16.6 Å². The van der Waals surface area contributed by atoms with Crippen molar-refractivity contribution >= 4 is 28.2 Å². The number of fused-ring (bicyclic) bond motifs is 1. The molecule has 3 aromatic carbocycles. The smallest absolute Gasteiger partial charge is 0.325 e. The Morgan fingerprint density at radius 3 is 2.25 bits per heavy atom. The first kappa shape index (κ1) is 20.8. The lowest BCUT2D eigenvalue weighted by Crippen LogP contribution is -2.26. The maximum Gasteiger partial charge on any atom is 0.325 e. The molecule has 6 nitrogen and oxygen atoms in total. The fourth-order valence-corrected chi connectivity index (χ4v) is 3.48. The summed E-state index contributed by atoms with van der Waals surface area (Å²) in [4.78, 5) is 16.0. The Labute approximate surface area is 183 Å². The number of nitrogen functional groups attached to an aromatic ring is 1. The maximum absolute atomic E-state index is 13.9. The Balaban J connectivity index is 1.87. The van der Waals surface area contributed by atoms with Crippen LogP contribution in [0.15, 0.2) is 66.7 Å². The molecule has 4 rings (SSSR count). The van der Waals surface area contributed by atoms with Crippen molar-refractivity contribution in [2.24, 2.45) is 0 Å². The number of nitrogens with one attached hydrogen (secondary N) is 1. The average Bonchev–Trinajstić information content (AvgIpc) is 2.79. The van der Waals surface area contributed by atoms with E-state index in [1.165, 1.54) is 25.1 Å². The van der Waals surface area contributed by atoms with Gasteiger partial charge in [0.2, 0.25) is 0 Å². The van der Waals surface area contributed by atoms with Gasteiger partial charge in [0.05, 0.1) is 16.9 Å². The van der Waals surface area contributed by atoms with Crippen molar-refractivity contribution in [3.8, 4) is 28.5 Å². The van der Waals surface area contributed by atoms with Gasteiger partial charge in [0.15, 0.2) is 0 Å². The molecule has 0 aliphatic carbocycles. The molecule has 1 unspecified atom stereocenters. The van der Waals surface area contributed by atoms with Gasteiger partial charge in [-0.05, 0) is 48.4 Å². The average molecular weight is 426 g/mol. The molecule has 0 fully saturated rings. The Morgan fingerprint density at radius 1 is 1.06 bits per heavy atom. The second-order valence-electron chi connectivity index (χ2n) is 7.39. The van der Waals surface area contributed by atoms with Crippen LogP contribution >= 0.6 is 0 Å². The number of nitrogens with zero attached hydrogens (tertiary/aromatic N) is 2. The number of aromatic nitrogens is 1. The summed E-state index contributed by atoms with van der Waals surface area (Å²) in [6.45, 7) is 1.45. The van der Waals surface area contributed by atoms with Gasteiger partial charge < -0.3 is 16.2 Å². The number of nitrogens with two attached hydrogens (primary N) is 1. The standard InChI is InChI=1S/C25H19FN4O2/c1-14(25(31)32)29-24-20-12-18(26)8-11-22(20)30-23(21(24)13-27)17-4-2-15(3-5-17)16-6-9-19(28)10-7-16/h2-12,14H,28H2,1H3,(H,29,30)(H,31,32). The number of nitriles is 1. The number of anilines is 2. The first-order valence-corrected chi connectivity index (χ1v) is 9.86. The van der Waals surface area contributed by atoms with Crippen LogP contribution in [-0.4, -0.2) is 22.1 Å². The summed E-state index contributed by atoms with van der Waals surface area (Å²) in [6.07, 6.45) is 0. The van der Waals surface area contributed by atoms with E-state index in [0.29, 0.717) is 27.8 Å². The summed E-state index contributed by atoms with van der Waals surface area (Å²) in [5.41, 5.74) is 10.3. The van der Waals surface area contributed by atoms with Gasteiger partial charge in [0.1, 0.15) is 23.5 Å². The molecule has 0 saturated carbocycles. The number of benzene rings is 3. The lowest BCUT2D eigenvalue weighted by Gasteiger charge is -2.17. The van der Waals surface area contributed by atoms with Crippen molar-refractivity contribution in [1.29, 1.82) is 5.26 Å². The topological polar surface area (TPSA) is 112 Å². The zero-order valence-corrected chi connectivity index (χ0v) is 17.1. The van der Waals surface area contributed by atoms with Crippen LogP contribution in [-0.2, 0) is 4.79 Å². The number of carboxylic acid groups (broad SMARTS) is 1. The SMILES string of the molecule is CC(Nc1c(C#N)c(-c2ccc(-c3ccc(N)cc3)cc2)nc2ccc(F)cc12)C(=O)O. The molecule has 0 saturated heterocycles. The molecule has 1 heterocycles. The number of carbonyl (C=O) groups is 1. The second-order valence-corrected chi connectivity index (χ2v) is 7.39. The van der Waals surface area contributed by atoms with E-state index in [-0.39, 0.29) is 11.3 Å². The predicted molar refractivity (Wildman–Crippen MR) is 122 cm³/mol. The van der Waals surface area contributed by atoms with Crippen molar-refractivity contribution in [1.82, 2.24) is 4.98 Å². The quantitative estimate of drug-likeness (QED) is 0.385. The highest BCUT2D eigenvalue weighted by Crippen LogP contribution is 2.35. The Hall–Kier alpha value is -4.44. The van der Waals surface area contributed by atoms with Gasteiger partial charge in [-0.2, -0.15) is 5.26 Å². The lowest BCUT2D eigenvalue weighted by atomic mass is 9.98. The molecule has 0 aliphatic rings. The van der Waals surface area contributed by atoms with E-state index in [2.05, 4.69) is 16.4 Å². The second kappa shape index (κ2) is 8.36. The molecule has 0 amide bonds. The van der Waals surface area contributed by atoms with Crippen molar-refractivity contribution in [2.45, 2.75) is 13.0 Å². The predicted octanol–water partition coefficient (Wildman–Crippen LogP) is 5.05. The number of aliphatic carboxylic acids is 1. The minimum absolute atomic E-state index is 0.149. The van der Waals surface area contributed by atoms with Crippen molar-refractivity contribution in [3.05, 3.63) is 78.1 Å². The van der Waals surface area contributed by atoms with E-state index in [4.69, 9.17) is 5.73 Å². The van der Waals surface area contributed by atoms with Crippen LogP contribution in [0.3, 0.4) is 0 Å². The van der Waals surface area contributed by atoms with Crippen molar-refractivity contribution in [3.63, 3.8) is 0 Å². The summed E-state index contributed by atoms with van der Waals surface area (Å²) < 4.78 is 13.9. The van der Waals surface area contributed by atoms with Crippen LogP contribution in [0.2, 0.25) is 0 Å². The van der Waals surface area contributed by atoms with E-state index in [1.54, 1.807) is 0 Å². The molecular formula is C25H19FN4O2. The normalized spacial score (nSPS) is 11.7. The third-order valence-corrected chi connectivity index (χ3v) is 5.19. The first-order valence-electron chi connectivity index (χ1n) is 9.86. The molecule has 4 aromatic rings. The summed E-state index contributed by atoms with van der Waals surface area (Å²) in [5, 5.41) is 22.4. The van der Waals surface area contributed by atoms with E-state index >= 15 is 0 Å². The number of hydrogen-bond donors (Lipinski definition) is 3. The van der Waals surface area contributed by atoms with Crippen molar-refractivity contribution < 1.29 is 14.3 Å². The Kier molecular flexibility index (Phi) is 5.44. The first-order chi connectivity index (χ1) is 15.4. The molecule has 7 heteroatoms. The molecule has 1 atom stereocenters. The van der Waals surface area contributed by atoms with E-state index in [1.807, 2.05) is 48.5 Å². The molecule has 4 N–H and O–H groups in total. The highest BCUT2D eigenvalue weighted by molar-refractivity contribution is 5.99. The van der Waals surface area contributed by atoms with Crippen LogP contribution < -0.4 is 11.1 Å². The molecule has 0 radical (unpaired) electrons. The van der Waals surface area contributed by atoms with Crippen LogP contribution in [0.4, 0.5) is 15.8 Å². The van der Waals surface area contributed by atoms with Crippen molar-refractivity contribution in [2.75, 3.05) is 11.1 Å². The number of halogens is 1. The highest BCUT2D eigenvalue weighted by atomic mass is 19.1. The van der Waals surface area contributed by atoms with Gasteiger partial charge in [-0.25, -0.2) is 9.37 Å². The van der Waals surface area contributed by atoms with Crippen LogP contribution in [0, 0.1) is 17.1 Å². The van der Waals surface area contributed by atoms with Gasteiger partial charge in [-0.15, -0.1) is 0 Å². The van der Waals surface area contributed by atoms with E-state index < -0.39 is 17.8 Å². The van der Waals surface area contributed by atoms with Crippen LogP contribution in [0.1, 0.15) is 12.5 Å². The summed E-state index contributed by atoms with van der Waals surface area (Å²) in [5.74, 6) is -1.60. The molecule has 1 aromatic heterocycles. The molecule has 158 valence electrons. The largest absolute Gasteiger partial charge is 0.480 e. The zero-order valence-electron chi connectivity index (χ0n) is 17.1. The minimum Gasteiger partial charge on any atom is -0.480 e. The van der Waals surface area contributed by atoms with Crippen LogP contribution in [0.25, 0.3) is 33.3 Å². The third-order valence-electron chi connectivity index (χ3n) is 5.19.